The van der Waals surface area contributed by atoms with Crippen molar-refractivity contribution in [2.75, 3.05) is 37.9 Å². The predicted octanol–water partition coefficient (Wildman–Crippen LogP) is 4.53. The average molecular weight is 589 g/mol. The summed E-state index contributed by atoms with van der Waals surface area (Å²) in [5.41, 5.74) is 2.99. The third-order valence-corrected chi connectivity index (χ3v) is 7.15. The molecule has 2 aliphatic heterocycles. The van der Waals surface area contributed by atoms with E-state index in [4.69, 9.17) is 19.2 Å². The van der Waals surface area contributed by atoms with Gasteiger partial charge in [0.1, 0.15) is 5.60 Å². The minimum Gasteiger partial charge on any atom is -0.493 e. The maximum absolute atomic E-state index is 13.5. The van der Waals surface area contributed by atoms with Crippen LogP contribution in [-0.4, -0.2) is 71.7 Å². The number of piperidine rings is 1. The monoisotopic (exact) mass is 588 g/mol. The lowest BCUT2D eigenvalue weighted by molar-refractivity contribution is -0.115. The van der Waals surface area contributed by atoms with Crippen molar-refractivity contribution in [2.45, 2.75) is 51.7 Å². The Morgan fingerprint density at radius 2 is 1.77 bits per heavy atom. The molecule has 0 radical (unpaired) electrons. The van der Waals surface area contributed by atoms with E-state index in [0.29, 0.717) is 77.1 Å². The lowest BCUT2D eigenvalue weighted by atomic mass is 10.0. The molecule has 2 aromatic carbocycles. The molecule has 3 heterocycles. The first kappa shape index (κ1) is 29.6. The quantitative estimate of drug-likeness (QED) is 0.378. The van der Waals surface area contributed by atoms with E-state index in [1.807, 2.05) is 26.8 Å². The molecule has 1 fully saturated rings. The number of ether oxygens (including phenoxy) is 3. The Labute approximate surface area is 250 Å². The number of carbonyl (C=O) groups excluding carboxylic acids is 3. The highest BCUT2D eigenvalue weighted by atomic mass is 16.6. The molecule has 0 saturated carbocycles. The summed E-state index contributed by atoms with van der Waals surface area (Å²) in [6.45, 7) is 6.44. The Bertz CT molecular complexity index is 1540. The number of rotatable bonds is 6. The fraction of sp³-hybridized carbons (Fsp3) is 0.387. The maximum atomic E-state index is 13.5. The molecule has 12 nitrogen and oxygen atoms in total. The van der Waals surface area contributed by atoms with Gasteiger partial charge in [0, 0.05) is 53.8 Å². The molecule has 3 aromatic rings. The largest absolute Gasteiger partial charge is 0.493 e. The standard InChI is InChI=1S/C31H36N6O6/c1-31(2,3)43-30(40)34-20-10-12-37(13-11-20)28(39)18-6-8-23-22(14-18)27-19(15-26(38)35-23)17-32-29(36-27)33-21-7-9-24(41-4)25(16-21)42-5/h6-9,14,16-17,20H,10-13,15H2,1-5H3,(H,34,40)(H,35,38)(H,32,33,36). The predicted molar refractivity (Wildman–Crippen MR) is 161 cm³/mol. The van der Waals surface area contributed by atoms with Crippen LogP contribution in [0.1, 0.15) is 49.5 Å². The highest BCUT2D eigenvalue weighted by molar-refractivity contribution is 6.03. The van der Waals surface area contributed by atoms with Crippen LogP contribution in [0.2, 0.25) is 0 Å². The van der Waals surface area contributed by atoms with Crippen LogP contribution in [0.15, 0.2) is 42.6 Å². The Balaban J connectivity index is 1.35. The van der Waals surface area contributed by atoms with Crippen molar-refractivity contribution in [3.05, 3.63) is 53.7 Å². The zero-order valence-corrected chi connectivity index (χ0v) is 24.9. The molecule has 3 amide bonds. The number of nitrogens with one attached hydrogen (secondary N) is 3. The Hall–Kier alpha value is -4.87. The van der Waals surface area contributed by atoms with Crippen molar-refractivity contribution in [1.82, 2.24) is 20.2 Å². The van der Waals surface area contributed by atoms with Crippen molar-refractivity contribution < 1.29 is 28.6 Å². The molecule has 226 valence electrons. The summed E-state index contributed by atoms with van der Waals surface area (Å²) in [5.74, 6) is 1.14. The fourth-order valence-corrected chi connectivity index (χ4v) is 5.11. The number of benzene rings is 2. The normalized spacial score (nSPS) is 14.9. The van der Waals surface area contributed by atoms with Gasteiger partial charge in [0.15, 0.2) is 11.5 Å². The number of carbonyl (C=O) groups is 3. The minimum absolute atomic E-state index is 0.0682. The van der Waals surface area contributed by atoms with Crippen molar-refractivity contribution >= 4 is 35.2 Å². The number of anilines is 3. The number of likely N-dealkylation sites (tertiary alicyclic amines) is 1. The van der Waals surface area contributed by atoms with Gasteiger partial charge in [-0.05, 0) is 63.9 Å². The molecule has 0 bridgehead atoms. The number of nitrogens with zero attached hydrogens (tertiary/aromatic N) is 3. The van der Waals surface area contributed by atoms with Gasteiger partial charge in [0.25, 0.3) is 5.91 Å². The number of hydrogen-bond acceptors (Lipinski definition) is 9. The Morgan fingerprint density at radius 3 is 2.47 bits per heavy atom. The van der Waals surface area contributed by atoms with E-state index in [9.17, 15) is 14.4 Å². The lowest BCUT2D eigenvalue weighted by Crippen LogP contribution is -2.47. The molecule has 43 heavy (non-hydrogen) atoms. The van der Waals surface area contributed by atoms with Crippen LogP contribution in [0, 0.1) is 0 Å². The van der Waals surface area contributed by atoms with Crippen molar-refractivity contribution in [3.63, 3.8) is 0 Å². The summed E-state index contributed by atoms with van der Waals surface area (Å²) in [5, 5.41) is 9.00. The number of alkyl carbamates (subject to hydrolysis) is 1. The molecule has 5 rings (SSSR count). The smallest absolute Gasteiger partial charge is 0.407 e. The van der Waals surface area contributed by atoms with Crippen LogP contribution in [0.4, 0.5) is 22.1 Å². The van der Waals surface area contributed by atoms with Crippen LogP contribution in [-0.2, 0) is 16.0 Å². The van der Waals surface area contributed by atoms with Crippen molar-refractivity contribution in [1.29, 1.82) is 0 Å². The van der Waals surface area contributed by atoms with Gasteiger partial charge in [-0.15, -0.1) is 0 Å². The van der Waals surface area contributed by atoms with Crippen LogP contribution in [0.25, 0.3) is 11.3 Å². The molecule has 12 heteroatoms. The first-order chi connectivity index (χ1) is 20.5. The molecule has 2 aliphatic rings. The summed E-state index contributed by atoms with van der Waals surface area (Å²) in [4.78, 5) is 49.3. The Kier molecular flexibility index (Phi) is 8.38. The summed E-state index contributed by atoms with van der Waals surface area (Å²) in [6, 6.07) is 10.5. The van der Waals surface area contributed by atoms with E-state index in [2.05, 4.69) is 20.9 Å². The number of aromatic nitrogens is 2. The van der Waals surface area contributed by atoms with E-state index in [1.54, 1.807) is 55.6 Å². The molecule has 1 aromatic heterocycles. The van der Waals surface area contributed by atoms with Crippen LogP contribution in [0.5, 0.6) is 11.5 Å². The summed E-state index contributed by atoms with van der Waals surface area (Å²) >= 11 is 0. The highest BCUT2D eigenvalue weighted by Crippen LogP contribution is 2.35. The molecule has 0 spiro atoms. The van der Waals surface area contributed by atoms with Crippen molar-refractivity contribution in [2.24, 2.45) is 0 Å². The van der Waals surface area contributed by atoms with Gasteiger partial charge >= 0.3 is 6.09 Å². The molecular formula is C31H36N6O6. The molecule has 0 atom stereocenters. The van der Waals surface area contributed by atoms with Crippen LogP contribution >= 0.6 is 0 Å². The Morgan fingerprint density at radius 1 is 1.02 bits per heavy atom. The van der Waals surface area contributed by atoms with Crippen LogP contribution in [0.3, 0.4) is 0 Å². The van der Waals surface area contributed by atoms with E-state index in [0.717, 1.165) is 0 Å². The zero-order chi connectivity index (χ0) is 30.7. The van der Waals surface area contributed by atoms with Gasteiger partial charge < -0.3 is 35.1 Å². The third kappa shape index (κ3) is 6.96. The van der Waals surface area contributed by atoms with E-state index >= 15 is 0 Å². The van der Waals surface area contributed by atoms with Crippen molar-refractivity contribution in [3.8, 4) is 22.8 Å². The van der Waals surface area contributed by atoms with Gasteiger partial charge in [-0.1, -0.05) is 0 Å². The molecular weight excluding hydrogens is 552 g/mol. The third-order valence-electron chi connectivity index (χ3n) is 7.15. The zero-order valence-electron chi connectivity index (χ0n) is 24.9. The summed E-state index contributed by atoms with van der Waals surface area (Å²) in [6.07, 6.45) is 2.50. The first-order valence-corrected chi connectivity index (χ1v) is 14.1. The summed E-state index contributed by atoms with van der Waals surface area (Å²) in [7, 11) is 3.13. The first-order valence-electron chi connectivity index (χ1n) is 14.1. The van der Waals surface area contributed by atoms with Gasteiger partial charge in [-0.25, -0.2) is 14.8 Å². The average Bonchev–Trinajstić information content (AvgIpc) is 3.10. The van der Waals surface area contributed by atoms with E-state index in [-0.39, 0.29) is 24.3 Å². The topological polar surface area (TPSA) is 144 Å². The molecule has 1 saturated heterocycles. The lowest BCUT2D eigenvalue weighted by Gasteiger charge is -2.33. The second-order valence-electron chi connectivity index (χ2n) is 11.5. The molecule has 0 unspecified atom stereocenters. The van der Waals surface area contributed by atoms with E-state index in [1.165, 1.54) is 0 Å². The fourth-order valence-electron chi connectivity index (χ4n) is 5.11. The minimum atomic E-state index is -0.574. The second kappa shape index (κ2) is 12.2. The van der Waals surface area contributed by atoms with Gasteiger partial charge in [0.05, 0.1) is 32.0 Å². The SMILES string of the molecule is COc1ccc(Nc2ncc3c(n2)-c2cc(C(=O)N4CCC(NC(=O)OC(C)(C)C)CC4)ccc2NC(=O)C3)cc1OC. The summed E-state index contributed by atoms with van der Waals surface area (Å²) < 4.78 is 16.1. The molecule has 3 N–H and O–H groups in total. The maximum Gasteiger partial charge on any atom is 0.407 e. The van der Waals surface area contributed by atoms with Gasteiger partial charge in [-0.3, -0.25) is 9.59 Å². The highest BCUT2D eigenvalue weighted by Gasteiger charge is 2.28. The van der Waals surface area contributed by atoms with Gasteiger partial charge in [0.2, 0.25) is 11.9 Å². The molecule has 0 aliphatic carbocycles. The van der Waals surface area contributed by atoms with Crippen LogP contribution < -0.4 is 25.4 Å². The number of hydrogen-bond donors (Lipinski definition) is 3. The van der Waals surface area contributed by atoms with E-state index < -0.39 is 11.7 Å². The number of fused-ring (bicyclic) bond motifs is 3. The van der Waals surface area contributed by atoms with Gasteiger partial charge in [-0.2, -0.15) is 0 Å². The number of amides is 3. The second-order valence-corrected chi connectivity index (χ2v) is 11.5. The number of methoxy groups -OCH3 is 2.